The van der Waals surface area contributed by atoms with E-state index in [1.165, 1.54) is 0 Å². The Morgan fingerprint density at radius 2 is 2.04 bits per heavy atom. The molecule has 132 valence electrons. The summed E-state index contributed by atoms with van der Waals surface area (Å²) in [7, 11) is 0. The van der Waals surface area contributed by atoms with Gasteiger partial charge in [0, 0.05) is 24.5 Å². The molecule has 0 fully saturated rings. The zero-order valence-corrected chi connectivity index (χ0v) is 15.3. The van der Waals surface area contributed by atoms with Gasteiger partial charge >= 0.3 is 0 Å². The largest absolute Gasteiger partial charge is 0.396 e. The van der Waals surface area contributed by atoms with Crippen molar-refractivity contribution in [3.63, 3.8) is 0 Å². The standard InChI is InChI=1S/C18H28N4O2/c1-11(2)8-15(6-7-23)10-19-18(24)16-14(5)21-22-13(4)9-12(3)20-17(16)22/h9,11,15,23H,6-8,10H2,1-5H3,(H,19,24). The molecular formula is C18H28N4O2. The van der Waals surface area contributed by atoms with Crippen LogP contribution in [0.5, 0.6) is 0 Å². The second kappa shape index (κ2) is 7.75. The molecule has 2 aromatic heterocycles. The van der Waals surface area contributed by atoms with Crippen molar-refractivity contribution in [1.29, 1.82) is 0 Å². The first-order chi connectivity index (χ1) is 11.3. The second-order valence-corrected chi connectivity index (χ2v) is 6.95. The molecule has 2 N–H and O–H groups in total. The summed E-state index contributed by atoms with van der Waals surface area (Å²) in [4.78, 5) is 17.2. The highest BCUT2D eigenvalue weighted by molar-refractivity contribution is 6.01. The molecule has 0 saturated carbocycles. The highest BCUT2D eigenvalue weighted by Gasteiger charge is 2.20. The number of carbonyl (C=O) groups excluding carboxylic acids is 1. The van der Waals surface area contributed by atoms with E-state index in [1.807, 2.05) is 26.8 Å². The minimum Gasteiger partial charge on any atom is -0.396 e. The first kappa shape index (κ1) is 18.4. The minimum absolute atomic E-state index is 0.142. The van der Waals surface area contributed by atoms with E-state index in [9.17, 15) is 9.90 Å². The van der Waals surface area contributed by atoms with Crippen LogP contribution in [0.4, 0.5) is 0 Å². The van der Waals surface area contributed by atoms with Gasteiger partial charge in [0.2, 0.25) is 0 Å². The Balaban J connectivity index is 2.20. The minimum atomic E-state index is -0.147. The number of nitrogens with one attached hydrogen (secondary N) is 1. The number of aryl methyl sites for hydroxylation is 3. The summed E-state index contributed by atoms with van der Waals surface area (Å²) in [6.45, 7) is 10.7. The Kier molecular flexibility index (Phi) is 5.94. The van der Waals surface area contributed by atoms with Gasteiger partial charge in [-0.2, -0.15) is 5.10 Å². The van der Waals surface area contributed by atoms with Gasteiger partial charge < -0.3 is 10.4 Å². The Labute approximate surface area is 143 Å². The zero-order valence-electron chi connectivity index (χ0n) is 15.3. The van der Waals surface area contributed by atoms with Crippen LogP contribution in [0.1, 0.15) is 54.1 Å². The third-order valence-electron chi connectivity index (χ3n) is 4.19. The topological polar surface area (TPSA) is 79.5 Å². The quantitative estimate of drug-likeness (QED) is 0.816. The van der Waals surface area contributed by atoms with Crippen molar-refractivity contribution < 1.29 is 9.90 Å². The van der Waals surface area contributed by atoms with Gasteiger partial charge in [-0.15, -0.1) is 0 Å². The Hall–Kier alpha value is -1.95. The Morgan fingerprint density at radius 3 is 2.67 bits per heavy atom. The molecule has 1 amide bonds. The summed E-state index contributed by atoms with van der Waals surface area (Å²) in [5, 5.41) is 16.7. The normalized spacial score (nSPS) is 12.8. The van der Waals surface area contributed by atoms with Gasteiger partial charge in [0.15, 0.2) is 5.65 Å². The van der Waals surface area contributed by atoms with Gasteiger partial charge in [0.25, 0.3) is 5.91 Å². The number of amides is 1. The van der Waals surface area contributed by atoms with E-state index in [0.717, 1.165) is 17.8 Å². The molecule has 0 aliphatic carbocycles. The van der Waals surface area contributed by atoms with Crippen LogP contribution < -0.4 is 5.32 Å². The van der Waals surface area contributed by atoms with Crippen molar-refractivity contribution >= 4 is 11.6 Å². The van der Waals surface area contributed by atoms with Gasteiger partial charge in [-0.25, -0.2) is 9.50 Å². The predicted octanol–water partition coefficient (Wildman–Crippen LogP) is 2.43. The summed E-state index contributed by atoms with van der Waals surface area (Å²) >= 11 is 0. The van der Waals surface area contributed by atoms with E-state index in [0.29, 0.717) is 35.8 Å². The van der Waals surface area contributed by atoms with E-state index in [4.69, 9.17) is 0 Å². The number of hydrogen-bond acceptors (Lipinski definition) is 4. The Bertz CT molecular complexity index is 721. The fourth-order valence-corrected chi connectivity index (χ4v) is 3.17. The molecule has 2 aromatic rings. The number of aliphatic hydroxyl groups excluding tert-OH is 1. The molecule has 0 radical (unpaired) electrons. The van der Waals surface area contributed by atoms with Crippen LogP contribution in [-0.4, -0.2) is 38.8 Å². The van der Waals surface area contributed by atoms with Crippen molar-refractivity contribution in [3.8, 4) is 0 Å². The lowest BCUT2D eigenvalue weighted by Gasteiger charge is -2.18. The molecule has 1 unspecified atom stereocenters. The number of fused-ring (bicyclic) bond motifs is 1. The molecule has 0 spiro atoms. The number of nitrogens with zero attached hydrogens (tertiary/aromatic N) is 3. The fourth-order valence-electron chi connectivity index (χ4n) is 3.17. The van der Waals surface area contributed by atoms with Crippen LogP contribution in [0.15, 0.2) is 6.07 Å². The highest BCUT2D eigenvalue weighted by atomic mass is 16.3. The zero-order chi connectivity index (χ0) is 17.9. The lowest BCUT2D eigenvalue weighted by molar-refractivity contribution is 0.0942. The summed E-state index contributed by atoms with van der Waals surface area (Å²) in [5.41, 5.74) is 3.64. The number of aliphatic hydroxyl groups is 1. The van der Waals surface area contributed by atoms with Gasteiger partial charge in [-0.05, 0) is 51.5 Å². The van der Waals surface area contributed by atoms with Crippen molar-refractivity contribution in [2.75, 3.05) is 13.2 Å². The summed E-state index contributed by atoms with van der Waals surface area (Å²) in [6, 6.07) is 1.95. The van der Waals surface area contributed by atoms with Crippen molar-refractivity contribution in [1.82, 2.24) is 19.9 Å². The van der Waals surface area contributed by atoms with Crippen LogP contribution in [0, 0.1) is 32.6 Å². The monoisotopic (exact) mass is 332 g/mol. The lowest BCUT2D eigenvalue weighted by atomic mass is 9.94. The molecule has 0 aromatic carbocycles. The van der Waals surface area contributed by atoms with Crippen molar-refractivity contribution in [3.05, 3.63) is 28.7 Å². The number of carbonyl (C=O) groups is 1. The molecule has 0 saturated heterocycles. The maximum Gasteiger partial charge on any atom is 0.257 e. The van der Waals surface area contributed by atoms with Crippen LogP contribution in [-0.2, 0) is 0 Å². The Morgan fingerprint density at radius 1 is 1.33 bits per heavy atom. The molecule has 2 heterocycles. The summed E-state index contributed by atoms with van der Waals surface area (Å²) in [5.74, 6) is 0.661. The molecule has 24 heavy (non-hydrogen) atoms. The van der Waals surface area contributed by atoms with E-state index < -0.39 is 0 Å². The highest BCUT2D eigenvalue weighted by Crippen LogP contribution is 2.18. The molecule has 1 atom stereocenters. The third-order valence-corrected chi connectivity index (χ3v) is 4.19. The van der Waals surface area contributed by atoms with Gasteiger partial charge in [-0.3, -0.25) is 4.79 Å². The van der Waals surface area contributed by atoms with Gasteiger partial charge in [-0.1, -0.05) is 13.8 Å². The van der Waals surface area contributed by atoms with Gasteiger partial charge in [0.05, 0.1) is 5.69 Å². The van der Waals surface area contributed by atoms with Crippen molar-refractivity contribution in [2.24, 2.45) is 11.8 Å². The summed E-state index contributed by atoms with van der Waals surface area (Å²) in [6.07, 6.45) is 1.67. The molecule has 0 aliphatic rings. The maximum absolute atomic E-state index is 12.7. The van der Waals surface area contributed by atoms with E-state index in [2.05, 4.69) is 29.2 Å². The number of aromatic nitrogens is 3. The molecule has 2 rings (SSSR count). The molecule has 0 aliphatic heterocycles. The van der Waals surface area contributed by atoms with Gasteiger partial charge in [0.1, 0.15) is 5.56 Å². The molecule has 6 nitrogen and oxygen atoms in total. The molecule has 0 bridgehead atoms. The number of rotatable bonds is 7. The van der Waals surface area contributed by atoms with E-state index in [-0.39, 0.29) is 18.4 Å². The van der Waals surface area contributed by atoms with E-state index >= 15 is 0 Å². The molecular weight excluding hydrogens is 304 g/mol. The summed E-state index contributed by atoms with van der Waals surface area (Å²) < 4.78 is 1.72. The third kappa shape index (κ3) is 4.12. The second-order valence-electron chi connectivity index (χ2n) is 6.95. The average Bonchev–Trinajstić information content (AvgIpc) is 2.81. The first-order valence-electron chi connectivity index (χ1n) is 8.56. The predicted molar refractivity (Wildman–Crippen MR) is 94.2 cm³/mol. The number of hydrogen-bond donors (Lipinski definition) is 2. The van der Waals surface area contributed by atoms with Crippen molar-refractivity contribution in [2.45, 2.75) is 47.5 Å². The average molecular weight is 332 g/mol. The van der Waals surface area contributed by atoms with Crippen LogP contribution >= 0.6 is 0 Å². The van der Waals surface area contributed by atoms with E-state index in [1.54, 1.807) is 4.52 Å². The van der Waals surface area contributed by atoms with Crippen LogP contribution in [0.3, 0.4) is 0 Å². The van der Waals surface area contributed by atoms with Crippen LogP contribution in [0.25, 0.3) is 5.65 Å². The fraction of sp³-hybridized carbons (Fsp3) is 0.611. The lowest BCUT2D eigenvalue weighted by Crippen LogP contribution is -2.31. The first-order valence-corrected chi connectivity index (χ1v) is 8.56. The smallest absolute Gasteiger partial charge is 0.257 e. The SMILES string of the molecule is Cc1cc(C)n2nc(C)c(C(=O)NCC(CCO)CC(C)C)c2n1. The molecule has 6 heteroatoms. The maximum atomic E-state index is 12.7. The van der Waals surface area contributed by atoms with Crippen LogP contribution in [0.2, 0.25) is 0 Å².